The molecule has 0 atom stereocenters. The average Bonchev–Trinajstić information content (AvgIpc) is 2.38. The topological polar surface area (TPSA) is 40.5 Å². The van der Waals surface area contributed by atoms with E-state index in [1.54, 1.807) is 0 Å². The van der Waals surface area contributed by atoms with Gasteiger partial charge in [0.15, 0.2) is 0 Å². The third kappa shape index (κ3) is 5.00. The molecular weight excluding hydrogens is 214 g/mol. The van der Waals surface area contributed by atoms with Gasteiger partial charge in [0, 0.05) is 26.1 Å². The summed E-state index contributed by atoms with van der Waals surface area (Å²) in [6, 6.07) is 10.2. The summed E-state index contributed by atoms with van der Waals surface area (Å²) in [5.41, 5.74) is 1.25. The molecule has 1 amide bonds. The molecule has 0 aromatic heterocycles. The number of aliphatic hydroxyl groups excluding tert-OH is 1. The number of carbonyl (C=O) groups is 1. The van der Waals surface area contributed by atoms with Crippen molar-refractivity contribution in [3.63, 3.8) is 0 Å². The lowest BCUT2D eigenvalue weighted by molar-refractivity contribution is -0.131. The van der Waals surface area contributed by atoms with E-state index in [-0.39, 0.29) is 12.5 Å². The number of hydrogen-bond acceptors (Lipinski definition) is 2. The molecule has 0 spiro atoms. The van der Waals surface area contributed by atoms with Gasteiger partial charge in [0.2, 0.25) is 5.91 Å². The second-order valence-corrected chi connectivity index (χ2v) is 4.04. The van der Waals surface area contributed by atoms with Crippen LogP contribution in [0.2, 0.25) is 0 Å². The van der Waals surface area contributed by atoms with Crippen molar-refractivity contribution >= 4 is 5.91 Å². The number of benzene rings is 1. The van der Waals surface area contributed by atoms with Crippen LogP contribution >= 0.6 is 0 Å². The highest BCUT2D eigenvalue weighted by molar-refractivity contribution is 5.76. The molecule has 0 unspecified atom stereocenters. The van der Waals surface area contributed by atoms with Gasteiger partial charge in [-0.25, -0.2) is 0 Å². The van der Waals surface area contributed by atoms with Crippen LogP contribution in [0.3, 0.4) is 0 Å². The number of hydrogen-bond donors (Lipinski definition) is 1. The average molecular weight is 235 g/mol. The molecule has 1 rings (SSSR count). The van der Waals surface area contributed by atoms with Crippen LogP contribution in [-0.2, 0) is 11.2 Å². The molecular formula is C14H21NO2. The van der Waals surface area contributed by atoms with Crippen molar-refractivity contribution in [3.8, 4) is 0 Å². The zero-order valence-electron chi connectivity index (χ0n) is 10.4. The first-order valence-electron chi connectivity index (χ1n) is 6.20. The predicted molar refractivity (Wildman–Crippen MR) is 68.7 cm³/mol. The summed E-state index contributed by atoms with van der Waals surface area (Å²) < 4.78 is 0. The lowest BCUT2D eigenvalue weighted by atomic mass is 10.1. The molecule has 0 radical (unpaired) electrons. The Kier molecular flexibility index (Phi) is 6.33. The minimum atomic E-state index is 0.0853. The Balaban J connectivity index is 2.39. The van der Waals surface area contributed by atoms with Gasteiger partial charge in [-0.1, -0.05) is 30.3 Å². The van der Waals surface area contributed by atoms with Gasteiger partial charge in [0.05, 0.1) is 0 Å². The predicted octanol–water partition coefficient (Wildman–Crippen LogP) is 1.85. The number of amides is 1. The van der Waals surface area contributed by atoms with Crippen LogP contribution in [0.25, 0.3) is 0 Å². The molecule has 0 heterocycles. The summed E-state index contributed by atoms with van der Waals surface area (Å²) in [4.78, 5) is 13.6. The van der Waals surface area contributed by atoms with E-state index in [4.69, 9.17) is 5.11 Å². The van der Waals surface area contributed by atoms with Gasteiger partial charge < -0.3 is 10.0 Å². The molecule has 0 saturated carbocycles. The molecule has 1 N–H and O–H groups in total. The largest absolute Gasteiger partial charge is 0.396 e. The first-order valence-corrected chi connectivity index (χ1v) is 6.20. The number of carbonyl (C=O) groups excluding carboxylic acids is 1. The second-order valence-electron chi connectivity index (χ2n) is 4.04. The first kappa shape index (κ1) is 13.7. The Bertz CT molecular complexity index is 324. The fraction of sp³-hybridized carbons (Fsp3) is 0.500. The zero-order valence-corrected chi connectivity index (χ0v) is 10.4. The van der Waals surface area contributed by atoms with Crippen molar-refractivity contribution in [1.29, 1.82) is 0 Å². The molecule has 94 valence electrons. The third-order valence-corrected chi connectivity index (χ3v) is 2.80. The van der Waals surface area contributed by atoms with E-state index >= 15 is 0 Å². The molecule has 17 heavy (non-hydrogen) atoms. The lowest BCUT2D eigenvalue weighted by Gasteiger charge is -2.20. The van der Waals surface area contributed by atoms with E-state index in [1.165, 1.54) is 5.56 Å². The van der Waals surface area contributed by atoms with E-state index in [0.717, 1.165) is 19.5 Å². The fourth-order valence-electron chi connectivity index (χ4n) is 1.76. The van der Waals surface area contributed by atoms with E-state index in [0.29, 0.717) is 12.8 Å². The molecule has 0 aliphatic rings. The van der Waals surface area contributed by atoms with Crippen LogP contribution in [0, 0.1) is 0 Å². The number of nitrogens with zero attached hydrogens (tertiary/aromatic N) is 1. The monoisotopic (exact) mass is 235 g/mol. The maximum atomic E-state index is 11.8. The fourth-order valence-corrected chi connectivity index (χ4v) is 1.76. The number of rotatable bonds is 7. The molecule has 3 nitrogen and oxygen atoms in total. The SMILES string of the molecule is CCN(CCc1ccccc1)C(=O)CCCO. The summed E-state index contributed by atoms with van der Waals surface area (Å²) in [6.45, 7) is 3.56. The van der Waals surface area contributed by atoms with Crippen molar-refractivity contribution in [3.05, 3.63) is 35.9 Å². The van der Waals surface area contributed by atoms with Gasteiger partial charge in [-0.3, -0.25) is 4.79 Å². The third-order valence-electron chi connectivity index (χ3n) is 2.80. The van der Waals surface area contributed by atoms with Gasteiger partial charge in [-0.15, -0.1) is 0 Å². The van der Waals surface area contributed by atoms with Gasteiger partial charge in [0.25, 0.3) is 0 Å². The van der Waals surface area contributed by atoms with Crippen molar-refractivity contribution in [2.75, 3.05) is 19.7 Å². The standard InChI is InChI=1S/C14H21NO2/c1-2-15(14(17)9-6-12-16)11-10-13-7-4-3-5-8-13/h3-5,7-8,16H,2,6,9-12H2,1H3. The van der Waals surface area contributed by atoms with Gasteiger partial charge in [0.1, 0.15) is 0 Å². The molecule has 0 bridgehead atoms. The van der Waals surface area contributed by atoms with Crippen LogP contribution in [-0.4, -0.2) is 35.6 Å². The smallest absolute Gasteiger partial charge is 0.222 e. The van der Waals surface area contributed by atoms with Gasteiger partial charge in [-0.2, -0.15) is 0 Å². The molecule has 0 saturated heterocycles. The first-order chi connectivity index (χ1) is 8.27. The highest BCUT2D eigenvalue weighted by atomic mass is 16.3. The number of likely N-dealkylation sites (N-methyl/N-ethyl adjacent to an activating group) is 1. The minimum absolute atomic E-state index is 0.0853. The maximum absolute atomic E-state index is 11.8. The van der Waals surface area contributed by atoms with Gasteiger partial charge >= 0.3 is 0 Å². The molecule has 0 aliphatic carbocycles. The van der Waals surface area contributed by atoms with E-state index in [9.17, 15) is 4.79 Å². The van der Waals surface area contributed by atoms with E-state index < -0.39 is 0 Å². The van der Waals surface area contributed by atoms with Crippen LogP contribution in [0.4, 0.5) is 0 Å². The molecule has 0 aliphatic heterocycles. The Morgan fingerprint density at radius 1 is 1.29 bits per heavy atom. The quantitative estimate of drug-likeness (QED) is 0.783. The van der Waals surface area contributed by atoms with Crippen LogP contribution in [0.15, 0.2) is 30.3 Å². The summed E-state index contributed by atoms with van der Waals surface area (Å²) >= 11 is 0. The van der Waals surface area contributed by atoms with Crippen LogP contribution in [0.1, 0.15) is 25.3 Å². The van der Waals surface area contributed by atoms with E-state index in [2.05, 4.69) is 12.1 Å². The van der Waals surface area contributed by atoms with Crippen molar-refractivity contribution in [1.82, 2.24) is 4.90 Å². The normalized spacial score (nSPS) is 10.2. The summed E-state index contributed by atoms with van der Waals surface area (Å²) in [7, 11) is 0. The van der Waals surface area contributed by atoms with Gasteiger partial charge in [-0.05, 0) is 25.3 Å². The van der Waals surface area contributed by atoms with Crippen LogP contribution in [0.5, 0.6) is 0 Å². The van der Waals surface area contributed by atoms with Crippen LogP contribution < -0.4 is 0 Å². The van der Waals surface area contributed by atoms with Crippen molar-refractivity contribution in [2.45, 2.75) is 26.2 Å². The molecule has 0 fully saturated rings. The highest BCUT2D eigenvalue weighted by Crippen LogP contribution is 2.03. The molecule has 3 heteroatoms. The van der Waals surface area contributed by atoms with E-state index in [1.807, 2.05) is 30.0 Å². The second kappa shape index (κ2) is 7.85. The highest BCUT2D eigenvalue weighted by Gasteiger charge is 2.10. The molecule has 1 aromatic carbocycles. The minimum Gasteiger partial charge on any atom is -0.396 e. The summed E-state index contributed by atoms with van der Waals surface area (Å²) in [5.74, 6) is 0.137. The van der Waals surface area contributed by atoms with Crippen molar-refractivity contribution in [2.24, 2.45) is 0 Å². The summed E-state index contributed by atoms with van der Waals surface area (Å²) in [5, 5.41) is 8.71. The zero-order chi connectivity index (χ0) is 12.5. The lowest BCUT2D eigenvalue weighted by Crippen LogP contribution is -2.32. The molecule has 1 aromatic rings. The Labute approximate surface area is 103 Å². The maximum Gasteiger partial charge on any atom is 0.222 e. The number of aliphatic hydroxyl groups is 1. The Hall–Kier alpha value is -1.35. The Morgan fingerprint density at radius 2 is 2.00 bits per heavy atom. The Morgan fingerprint density at radius 3 is 2.59 bits per heavy atom. The summed E-state index contributed by atoms with van der Waals surface area (Å²) in [6.07, 6.45) is 1.89. The van der Waals surface area contributed by atoms with Crippen molar-refractivity contribution < 1.29 is 9.90 Å².